The summed E-state index contributed by atoms with van der Waals surface area (Å²) in [6.07, 6.45) is 1.51. The molecule has 1 fully saturated rings. The fraction of sp³-hybridized carbons (Fsp3) is 0.417. The number of amides is 2. The van der Waals surface area contributed by atoms with E-state index >= 15 is 0 Å². The summed E-state index contributed by atoms with van der Waals surface area (Å²) in [5, 5.41) is 8.40. The van der Waals surface area contributed by atoms with Gasteiger partial charge in [0, 0.05) is 6.20 Å². The molecule has 0 bridgehead atoms. The van der Waals surface area contributed by atoms with Crippen LogP contribution in [0.3, 0.4) is 0 Å². The third-order valence-corrected chi connectivity index (χ3v) is 3.64. The van der Waals surface area contributed by atoms with Crippen LogP contribution in [0.5, 0.6) is 0 Å². The number of rotatable bonds is 4. The Bertz CT molecular complexity index is 510. The van der Waals surface area contributed by atoms with Crippen molar-refractivity contribution >= 4 is 29.4 Å². The van der Waals surface area contributed by atoms with Gasteiger partial charge in [-0.2, -0.15) is 0 Å². The lowest BCUT2D eigenvalue weighted by Gasteiger charge is -2.28. The minimum absolute atomic E-state index is 0.116. The van der Waals surface area contributed by atoms with Crippen molar-refractivity contribution in [3.8, 4) is 0 Å². The Labute approximate surface area is 121 Å². The van der Waals surface area contributed by atoms with E-state index in [0.717, 1.165) is 5.56 Å². The SMILES string of the molecule is Cc1ccnc(NC(=O)CSC2NC(=O)CC(N)N2)c1. The Morgan fingerprint density at radius 2 is 2.45 bits per heavy atom. The highest BCUT2D eigenvalue weighted by Gasteiger charge is 2.23. The number of hydrogen-bond acceptors (Lipinski definition) is 6. The number of aryl methyl sites for hydroxylation is 1. The van der Waals surface area contributed by atoms with Crippen molar-refractivity contribution in [2.24, 2.45) is 5.73 Å². The first-order valence-corrected chi connectivity index (χ1v) is 7.23. The second kappa shape index (κ2) is 6.69. The van der Waals surface area contributed by atoms with Crippen molar-refractivity contribution in [2.75, 3.05) is 11.1 Å². The quantitative estimate of drug-likeness (QED) is 0.609. The maximum absolute atomic E-state index is 11.8. The van der Waals surface area contributed by atoms with E-state index < -0.39 is 0 Å². The lowest BCUT2D eigenvalue weighted by atomic mass is 10.3. The van der Waals surface area contributed by atoms with Gasteiger partial charge in [0.05, 0.1) is 18.3 Å². The summed E-state index contributed by atoms with van der Waals surface area (Å²) in [5.74, 6) is 0.422. The molecule has 0 radical (unpaired) electrons. The summed E-state index contributed by atoms with van der Waals surface area (Å²) in [6, 6.07) is 3.65. The van der Waals surface area contributed by atoms with Crippen molar-refractivity contribution in [1.29, 1.82) is 0 Å². The number of nitrogens with zero attached hydrogens (tertiary/aromatic N) is 1. The number of anilines is 1. The van der Waals surface area contributed by atoms with Crippen LogP contribution in [0.25, 0.3) is 0 Å². The van der Waals surface area contributed by atoms with Gasteiger partial charge in [-0.1, -0.05) is 0 Å². The van der Waals surface area contributed by atoms with Gasteiger partial charge in [-0.3, -0.25) is 14.9 Å². The number of aromatic nitrogens is 1. The molecule has 2 heterocycles. The minimum Gasteiger partial charge on any atom is -0.332 e. The fourth-order valence-corrected chi connectivity index (χ4v) is 2.61. The van der Waals surface area contributed by atoms with Crippen LogP contribution in [0.15, 0.2) is 18.3 Å². The van der Waals surface area contributed by atoms with Crippen LogP contribution in [0.2, 0.25) is 0 Å². The van der Waals surface area contributed by atoms with Gasteiger partial charge in [0.1, 0.15) is 11.3 Å². The van der Waals surface area contributed by atoms with Crippen molar-refractivity contribution in [1.82, 2.24) is 15.6 Å². The van der Waals surface area contributed by atoms with E-state index in [4.69, 9.17) is 5.73 Å². The van der Waals surface area contributed by atoms with E-state index in [1.165, 1.54) is 11.8 Å². The van der Waals surface area contributed by atoms with Crippen molar-refractivity contribution in [3.63, 3.8) is 0 Å². The van der Waals surface area contributed by atoms with Crippen LogP contribution in [-0.2, 0) is 9.59 Å². The normalized spacial score (nSPS) is 22.2. The monoisotopic (exact) mass is 295 g/mol. The first-order valence-electron chi connectivity index (χ1n) is 6.18. The molecule has 1 aromatic rings. The summed E-state index contributed by atoms with van der Waals surface area (Å²) in [5.41, 5.74) is 6.34. The second-order valence-electron chi connectivity index (χ2n) is 4.50. The number of hydrogen-bond donors (Lipinski definition) is 4. The molecule has 20 heavy (non-hydrogen) atoms. The van der Waals surface area contributed by atoms with Gasteiger partial charge in [0.15, 0.2) is 0 Å². The van der Waals surface area contributed by atoms with E-state index in [2.05, 4.69) is 20.9 Å². The number of carbonyl (C=O) groups excluding carboxylic acids is 2. The molecule has 0 aliphatic carbocycles. The molecule has 5 N–H and O–H groups in total. The Kier molecular flexibility index (Phi) is 4.94. The Morgan fingerprint density at radius 1 is 1.65 bits per heavy atom. The summed E-state index contributed by atoms with van der Waals surface area (Å²) in [7, 11) is 0. The molecular weight excluding hydrogens is 278 g/mol. The minimum atomic E-state index is -0.372. The summed E-state index contributed by atoms with van der Waals surface area (Å²) in [6.45, 7) is 1.93. The second-order valence-corrected chi connectivity index (χ2v) is 5.60. The average molecular weight is 295 g/mol. The summed E-state index contributed by atoms with van der Waals surface area (Å²) < 4.78 is 0. The van der Waals surface area contributed by atoms with E-state index in [1.54, 1.807) is 12.3 Å². The number of nitrogens with two attached hydrogens (primary N) is 1. The topological polar surface area (TPSA) is 109 Å². The molecule has 8 heteroatoms. The number of pyridine rings is 1. The zero-order chi connectivity index (χ0) is 14.5. The van der Waals surface area contributed by atoms with E-state index in [-0.39, 0.29) is 35.7 Å². The highest BCUT2D eigenvalue weighted by Crippen LogP contribution is 2.11. The lowest BCUT2D eigenvalue weighted by Crippen LogP contribution is -2.58. The Morgan fingerprint density at radius 3 is 3.15 bits per heavy atom. The molecule has 1 saturated heterocycles. The van der Waals surface area contributed by atoms with Crippen LogP contribution in [0.4, 0.5) is 5.82 Å². The van der Waals surface area contributed by atoms with Crippen LogP contribution in [-0.4, -0.2) is 34.2 Å². The van der Waals surface area contributed by atoms with Gasteiger partial charge in [0.25, 0.3) is 0 Å². The van der Waals surface area contributed by atoms with Crippen LogP contribution >= 0.6 is 11.8 Å². The van der Waals surface area contributed by atoms with Gasteiger partial charge in [0.2, 0.25) is 11.8 Å². The molecular formula is C12H17N5O2S. The predicted octanol–water partition coefficient (Wildman–Crippen LogP) is -0.260. The fourth-order valence-electron chi connectivity index (χ4n) is 1.73. The zero-order valence-electron chi connectivity index (χ0n) is 11.1. The predicted molar refractivity (Wildman–Crippen MR) is 77.7 cm³/mol. The van der Waals surface area contributed by atoms with Gasteiger partial charge >= 0.3 is 0 Å². The van der Waals surface area contributed by atoms with Crippen LogP contribution < -0.4 is 21.7 Å². The van der Waals surface area contributed by atoms with Crippen molar-refractivity contribution < 1.29 is 9.59 Å². The van der Waals surface area contributed by atoms with Gasteiger partial charge in [-0.05, 0) is 24.6 Å². The van der Waals surface area contributed by atoms with E-state index in [0.29, 0.717) is 5.82 Å². The maximum Gasteiger partial charge on any atom is 0.235 e. The third-order valence-electron chi connectivity index (χ3n) is 2.63. The molecule has 0 saturated carbocycles. The number of thioether (sulfide) groups is 1. The molecule has 2 amide bonds. The largest absolute Gasteiger partial charge is 0.332 e. The van der Waals surface area contributed by atoms with E-state index in [1.807, 2.05) is 13.0 Å². The van der Waals surface area contributed by atoms with Crippen molar-refractivity contribution in [2.45, 2.75) is 25.0 Å². The highest BCUT2D eigenvalue weighted by molar-refractivity contribution is 8.00. The van der Waals surface area contributed by atoms with Gasteiger partial charge < -0.3 is 16.4 Å². The first-order chi connectivity index (χ1) is 9.52. The standard InChI is InChI=1S/C12H17N5O2S/c1-7-2-3-14-9(4-7)16-11(19)6-20-12-15-8(13)5-10(18)17-12/h2-4,8,12,15H,5-6,13H2,1H3,(H,17,18)(H,14,16,19). The smallest absolute Gasteiger partial charge is 0.235 e. The molecule has 0 spiro atoms. The Hall–Kier alpha value is -1.64. The van der Waals surface area contributed by atoms with Crippen LogP contribution in [0.1, 0.15) is 12.0 Å². The first kappa shape index (κ1) is 14.8. The third kappa shape index (κ3) is 4.48. The molecule has 7 nitrogen and oxygen atoms in total. The van der Waals surface area contributed by atoms with Crippen LogP contribution in [0, 0.1) is 6.92 Å². The number of nitrogens with one attached hydrogen (secondary N) is 3. The van der Waals surface area contributed by atoms with Gasteiger partial charge in [-0.15, -0.1) is 11.8 Å². The highest BCUT2D eigenvalue weighted by atomic mass is 32.2. The molecule has 1 aliphatic heterocycles. The van der Waals surface area contributed by atoms with Gasteiger partial charge in [-0.25, -0.2) is 4.98 Å². The molecule has 1 aliphatic rings. The zero-order valence-corrected chi connectivity index (χ0v) is 11.9. The molecule has 2 rings (SSSR count). The summed E-state index contributed by atoms with van der Waals surface area (Å²) in [4.78, 5) is 27.1. The molecule has 108 valence electrons. The Balaban J connectivity index is 1.79. The molecule has 2 unspecified atom stereocenters. The molecule has 0 aromatic carbocycles. The van der Waals surface area contributed by atoms with E-state index in [9.17, 15) is 9.59 Å². The molecule has 1 aromatic heterocycles. The number of carbonyl (C=O) groups is 2. The summed E-state index contributed by atoms with van der Waals surface area (Å²) >= 11 is 1.27. The maximum atomic E-state index is 11.8. The van der Waals surface area contributed by atoms with Crippen molar-refractivity contribution in [3.05, 3.63) is 23.9 Å². The lowest BCUT2D eigenvalue weighted by molar-refractivity contribution is -0.123. The average Bonchev–Trinajstić information content (AvgIpc) is 2.35. The molecule has 2 atom stereocenters.